The maximum Gasteiger partial charge on any atom is 0.191 e. The highest BCUT2D eigenvalue weighted by molar-refractivity contribution is 14.0. The van der Waals surface area contributed by atoms with E-state index in [1.807, 2.05) is 13.0 Å². The van der Waals surface area contributed by atoms with Gasteiger partial charge < -0.3 is 15.7 Å². The van der Waals surface area contributed by atoms with Crippen molar-refractivity contribution in [2.45, 2.75) is 38.1 Å². The van der Waals surface area contributed by atoms with Crippen LogP contribution in [0.25, 0.3) is 0 Å². The van der Waals surface area contributed by atoms with Gasteiger partial charge in [-0.05, 0) is 43.9 Å². The molecule has 0 bridgehead atoms. The van der Waals surface area contributed by atoms with Gasteiger partial charge in [-0.1, -0.05) is 12.1 Å². The summed E-state index contributed by atoms with van der Waals surface area (Å²) in [5.41, 5.74) is 1.71. The fourth-order valence-corrected chi connectivity index (χ4v) is 3.54. The number of guanidine groups is 1. The quantitative estimate of drug-likeness (QED) is 0.314. The van der Waals surface area contributed by atoms with E-state index in [9.17, 15) is 13.5 Å². The Balaban J connectivity index is 0.00000312. The summed E-state index contributed by atoms with van der Waals surface area (Å²) in [6.07, 6.45) is 3.30. The highest BCUT2D eigenvalue weighted by atomic mass is 127. The Hall–Kier alpha value is -0.870. The predicted octanol–water partition coefficient (Wildman–Crippen LogP) is 1.84. The fraction of sp³-hybridized carbons (Fsp3) is 0.588. The van der Waals surface area contributed by atoms with Crippen molar-refractivity contribution in [2.75, 3.05) is 26.0 Å². The van der Waals surface area contributed by atoms with E-state index in [4.69, 9.17) is 0 Å². The first kappa shape index (κ1) is 22.2. The van der Waals surface area contributed by atoms with Crippen molar-refractivity contribution >= 4 is 39.8 Å². The van der Waals surface area contributed by atoms with Crippen LogP contribution in [0, 0.1) is 12.3 Å². The molecule has 0 radical (unpaired) electrons. The lowest BCUT2D eigenvalue weighted by atomic mass is 10.1. The summed E-state index contributed by atoms with van der Waals surface area (Å²) in [6, 6.07) is 5.30. The fourth-order valence-electron chi connectivity index (χ4n) is 2.58. The molecule has 0 spiro atoms. The van der Waals surface area contributed by atoms with Crippen molar-refractivity contribution in [1.82, 2.24) is 10.6 Å². The summed E-state index contributed by atoms with van der Waals surface area (Å²) in [5, 5.41) is 15.8. The van der Waals surface area contributed by atoms with Crippen LogP contribution in [-0.4, -0.2) is 45.4 Å². The number of sulfone groups is 1. The summed E-state index contributed by atoms with van der Waals surface area (Å²) in [6.45, 7) is 5.93. The van der Waals surface area contributed by atoms with Gasteiger partial charge in [-0.3, -0.25) is 0 Å². The number of halogens is 1. The van der Waals surface area contributed by atoms with Crippen molar-refractivity contribution in [2.24, 2.45) is 10.4 Å². The standard InChI is InChI=1S/C17H27N3O3S.HI/c1-4-18-16(20-11-17(12-21)7-8-17)19-10-14-5-6-15(13(2)9-14)24(3,22)23;/h5-6,9,21H,4,7-8,10-12H2,1-3H3,(H2,18,19,20);1H. The average Bonchev–Trinajstić information content (AvgIpc) is 3.29. The number of benzene rings is 1. The first-order chi connectivity index (χ1) is 11.3. The Morgan fingerprint density at radius 2 is 2.00 bits per heavy atom. The molecule has 1 aliphatic rings. The maximum absolute atomic E-state index is 11.7. The monoisotopic (exact) mass is 481 g/mol. The minimum Gasteiger partial charge on any atom is -0.396 e. The molecule has 1 aliphatic carbocycles. The van der Waals surface area contributed by atoms with Gasteiger partial charge in [0, 0.05) is 24.8 Å². The maximum atomic E-state index is 11.7. The molecule has 1 aromatic carbocycles. The van der Waals surface area contributed by atoms with Gasteiger partial charge >= 0.3 is 0 Å². The molecular formula is C17H28IN3O3S. The smallest absolute Gasteiger partial charge is 0.191 e. The van der Waals surface area contributed by atoms with Crippen LogP contribution in [0.2, 0.25) is 0 Å². The van der Waals surface area contributed by atoms with Crippen LogP contribution in [0.1, 0.15) is 30.9 Å². The van der Waals surface area contributed by atoms with Crippen LogP contribution in [0.3, 0.4) is 0 Å². The zero-order valence-electron chi connectivity index (χ0n) is 15.0. The molecule has 0 atom stereocenters. The Labute approximate surface area is 167 Å². The van der Waals surface area contributed by atoms with Crippen LogP contribution in [-0.2, 0) is 16.4 Å². The SMILES string of the molecule is CCNC(=NCc1ccc(S(C)(=O)=O)c(C)c1)NCC1(CO)CC1.I. The molecule has 6 nitrogen and oxygen atoms in total. The molecule has 1 saturated carbocycles. The van der Waals surface area contributed by atoms with Gasteiger partial charge in [0.1, 0.15) is 0 Å². The summed E-state index contributed by atoms with van der Waals surface area (Å²) in [4.78, 5) is 4.91. The largest absolute Gasteiger partial charge is 0.396 e. The van der Waals surface area contributed by atoms with Crippen LogP contribution < -0.4 is 10.6 Å². The number of aliphatic hydroxyl groups is 1. The lowest BCUT2D eigenvalue weighted by Gasteiger charge is -2.16. The Bertz CT molecular complexity index is 716. The van der Waals surface area contributed by atoms with Gasteiger partial charge in [-0.15, -0.1) is 24.0 Å². The molecule has 0 amide bonds. The third-order valence-corrected chi connectivity index (χ3v) is 5.58. The van der Waals surface area contributed by atoms with E-state index in [0.29, 0.717) is 23.9 Å². The van der Waals surface area contributed by atoms with Gasteiger partial charge in [0.25, 0.3) is 0 Å². The minimum absolute atomic E-state index is 0. The van der Waals surface area contributed by atoms with Crippen molar-refractivity contribution in [3.63, 3.8) is 0 Å². The van der Waals surface area contributed by atoms with Gasteiger partial charge in [-0.2, -0.15) is 0 Å². The molecule has 0 aromatic heterocycles. The molecule has 2 rings (SSSR count). The van der Waals surface area contributed by atoms with Crippen LogP contribution in [0.15, 0.2) is 28.1 Å². The third-order valence-electron chi connectivity index (χ3n) is 4.33. The molecule has 0 aliphatic heterocycles. The number of hydrogen-bond acceptors (Lipinski definition) is 4. The number of aliphatic hydroxyl groups excluding tert-OH is 1. The number of aliphatic imine (C=N–C) groups is 1. The molecule has 25 heavy (non-hydrogen) atoms. The van der Waals surface area contributed by atoms with E-state index in [2.05, 4.69) is 15.6 Å². The number of rotatable bonds is 7. The molecule has 0 heterocycles. The van der Waals surface area contributed by atoms with Crippen LogP contribution >= 0.6 is 24.0 Å². The summed E-state index contributed by atoms with van der Waals surface area (Å²) < 4.78 is 23.3. The number of aryl methyl sites for hydroxylation is 1. The summed E-state index contributed by atoms with van der Waals surface area (Å²) >= 11 is 0. The second kappa shape index (κ2) is 9.18. The van der Waals surface area contributed by atoms with Gasteiger partial charge in [0.2, 0.25) is 0 Å². The van der Waals surface area contributed by atoms with Gasteiger partial charge in [0.15, 0.2) is 15.8 Å². The second-order valence-corrected chi connectivity index (χ2v) is 8.56. The van der Waals surface area contributed by atoms with E-state index >= 15 is 0 Å². The third kappa shape index (κ3) is 6.41. The van der Waals surface area contributed by atoms with Gasteiger partial charge in [0.05, 0.1) is 18.0 Å². The van der Waals surface area contributed by atoms with E-state index in [1.54, 1.807) is 19.1 Å². The van der Waals surface area contributed by atoms with E-state index < -0.39 is 9.84 Å². The normalized spacial score (nSPS) is 16.1. The van der Waals surface area contributed by atoms with Gasteiger partial charge in [-0.25, -0.2) is 13.4 Å². The Kier molecular flexibility index (Phi) is 8.14. The highest BCUT2D eigenvalue weighted by Crippen LogP contribution is 2.44. The number of hydrogen-bond donors (Lipinski definition) is 3. The minimum atomic E-state index is -3.20. The molecule has 3 N–H and O–H groups in total. The van der Waals surface area contributed by atoms with Crippen molar-refractivity contribution < 1.29 is 13.5 Å². The first-order valence-corrected chi connectivity index (χ1v) is 10.1. The van der Waals surface area contributed by atoms with E-state index in [-0.39, 0.29) is 36.0 Å². The number of nitrogens with one attached hydrogen (secondary N) is 2. The lowest BCUT2D eigenvalue weighted by Crippen LogP contribution is -2.41. The molecule has 8 heteroatoms. The molecule has 1 fully saturated rings. The zero-order valence-corrected chi connectivity index (χ0v) is 18.1. The molecule has 1 aromatic rings. The van der Waals surface area contributed by atoms with E-state index in [1.165, 1.54) is 6.26 Å². The topological polar surface area (TPSA) is 90.8 Å². The van der Waals surface area contributed by atoms with Crippen LogP contribution in [0.4, 0.5) is 0 Å². The van der Waals surface area contributed by atoms with Crippen LogP contribution in [0.5, 0.6) is 0 Å². The molecule has 0 unspecified atom stereocenters. The summed E-state index contributed by atoms with van der Waals surface area (Å²) in [5.74, 6) is 0.710. The Morgan fingerprint density at radius 1 is 1.32 bits per heavy atom. The van der Waals surface area contributed by atoms with E-state index in [0.717, 1.165) is 30.5 Å². The Morgan fingerprint density at radius 3 is 2.48 bits per heavy atom. The average molecular weight is 481 g/mol. The van der Waals surface area contributed by atoms with Crippen molar-refractivity contribution in [3.05, 3.63) is 29.3 Å². The molecular weight excluding hydrogens is 453 g/mol. The number of nitrogens with zero attached hydrogens (tertiary/aromatic N) is 1. The van der Waals surface area contributed by atoms with Crippen molar-refractivity contribution in [1.29, 1.82) is 0 Å². The molecule has 142 valence electrons. The predicted molar refractivity (Wildman–Crippen MR) is 111 cm³/mol. The zero-order chi connectivity index (χ0) is 17.8. The lowest BCUT2D eigenvalue weighted by molar-refractivity contribution is 0.212. The molecule has 0 saturated heterocycles. The first-order valence-electron chi connectivity index (χ1n) is 8.22. The van der Waals surface area contributed by atoms with Crippen molar-refractivity contribution in [3.8, 4) is 0 Å². The summed E-state index contributed by atoms with van der Waals surface area (Å²) in [7, 11) is -3.20. The highest BCUT2D eigenvalue weighted by Gasteiger charge is 2.41. The second-order valence-electron chi connectivity index (χ2n) is 6.58.